The monoisotopic (exact) mass is 740 g/mol. The zero-order valence-electron chi connectivity index (χ0n) is 30.2. The minimum atomic E-state index is -0.802. The molecule has 0 spiro atoms. The molecule has 51 heavy (non-hydrogen) atoms. The molecule has 0 radical (unpaired) electrons. The van der Waals surface area contributed by atoms with Gasteiger partial charge < -0.3 is 0 Å². The van der Waals surface area contributed by atoms with E-state index in [0.717, 1.165) is 6.42 Å². The summed E-state index contributed by atoms with van der Waals surface area (Å²) in [5.74, 6) is 0.335. The first-order valence-corrected chi connectivity index (χ1v) is 20.5. The number of benzene rings is 6. The van der Waals surface area contributed by atoms with Gasteiger partial charge in [0.2, 0.25) is 0 Å². The molecule has 6 aromatic rings. The SMILES string of the molecule is C1=CCC=C1.Cc1cc(C)cc(P(c2cc(C)cc(C)c2)[C@H](C)C2C=CC=C2P(c2cccc3ccccc23)c2cccc3ccccc23)c1.[Fe]. The largest absolute Gasteiger partial charge is 0.0808 e. The van der Waals surface area contributed by atoms with Gasteiger partial charge in [0.25, 0.3) is 0 Å². The van der Waals surface area contributed by atoms with Crippen molar-refractivity contribution < 1.29 is 17.1 Å². The van der Waals surface area contributed by atoms with Crippen LogP contribution in [0.1, 0.15) is 35.6 Å². The number of aryl methyl sites for hydroxylation is 4. The molecule has 2 aliphatic carbocycles. The molecule has 3 heteroatoms. The predicted octanol–water partition coefficient (Wildman–Crippen LogP) is 11.8. The van der Waals surface area contributed by atoms with Crippen LogP contribution in [0.4, 0.5) is 0 Å². The van der Waals surface area contributed by atoms with E-state index >= 15 is 0 Å². The Morgan fingerprint density at radius 1 is 0.549 bits per heavy atom. The van der Waals surface area contributed by atoms with Crippen LogP contribution < -0.4 is 21.2 Å². The second-order valence-electron chi connectivity index (χ2n) is 13.7. The smallest absolute Gasteiger partial charge is 0.0103 e. The summed E-state index contributed by atoms with van der Waals surface area (Å²) in [6.07, 6.45) is 16.8. The fraction of sp³-hybridized carbons (Fsp3) is 0.167. The molecule has 8 rings (SSSR count). The third-order valence-electron chi connectivity index (χ3n) is 9.75. The van der Waals surface area contributed by atoms with E-state index in [1.54, 1.807) is 5.31 Å². The van der Waals surface area contributed by atoms with Crippen LogP contribution in [0.5, 0.6) is 0 Å². The molecule has 0 N–H and O–H groups in total. The maximum atomic E-state index is 2.52. The van der Waals surface area contributed by atoms with E-state index in [-0.39, 0.29) is 17.1 Å². The molecule has 0 bridgehead atoms. The molecule has 256 valence electrons. The summed E-state index contributed by atoms with van der Waals surface area (Å²) >= 11 is 0. The maximum Gasteiger partial charge on any atom is 0.0103 e. The maximum absolute atomic E-state index is 2.52. The number of hydrogen-bond donors (Lipinski definition) is 0. The summed E-state index contributed by atoms with van der Waals surface area (Å²) in [6.45, 7) is 11.5. The molecule has 0 saturated heterocycles. The number of hydrogen-bond acceptors (Lipinski definition) is 0. The Morgan fingerprint density at radius 3 is 1.45 bits per heavy atom. The van der Waals surface area contributed by atoms with Crippen molar-refractivity contribution in [2.45, 2.75) is 46.7 Å². The quantitative estimate of drug-likeness (QED) is 0.113. The Balaban J connectivity index is 0.000000689. The van der Waals surface area contributed by atoms with Crippen molar-refractivity contribution in [1.82, 2.24) is 0 Å². The van der Waals surface area contributed by atoms with Crippen LogP contribution in [0.15, 0.2) is 169 Å². The molecular weight excluding hydrogens is 694 g/mol. The van der Waals surface area contributed by atoms with Crippen LogP contribution in [0.25, 0.3) is 21.5 Å². The van der Waals surface area contributed by atoms with Gasteiger partial charge in [-0.2, -0.15) is 0 Å². The molecule has 0 aromatic heterocycles. The molecule has 1 unspecified atom stereocenters. The minimum Gasteiger partial charge on any atom is -0.0808 e. The summed E-state index contributed by atoms with van der Waals surface area (Å²) in [5, 5.41) is 12.8. The number of rotatable bonds is 7. The van der Waals surface area contributed by atoms with Crippen molar-refractivity contribution in [3.63, 3.8) is 0 Å². The van der Waals surface area contributed by atoms with Crippen LogP contribution in [-0.2, 0) is 17.1 Å². The standard InChI is InChI=1S/C43H40P2.C5H6.Fe/c1-29-23-30(2)26-36(25-29)44(37-27-31(3)24-32(4)28-37)33(5)38-19-12-22-41(38)45(42-20-10-15-34-13-6-8-17-39(34)42)43-21-11-16-35-14-7-9-18-40(35)43;1-2-4-5-3-1;/h6-28,33,38H,1-5H3;1-4H,5H2;/t33-,38?;;/m1../s1. The molecule has 2 atom stereocenters. The third-order valence-corrected chi connectivity index (χ3v) is 15.2. The normalized spacial score (nSPS) is 15.3. The molecule has 0 aliphatic heterocycles. The van der Waals surface area contributed by atoms with E-state index in [1.165, 1.54) is 65.0 Å². The van der Waals surface area contributed by atoms with Gasteiger partial charge in [0.15, 0.2) is 0 Å². The van der Waals surface area contributed by atoms with E-state index in [4.69, 9.17) is 0 Å². The van der Waals surface area contributed by atoms with E-state index in [2.05, 4.69) is 198 Å². The second kappa shape index (κ2) is 16.7. The third kappa shape index (κ3) is 8.15. The fourth-order valence-electron chi connectivity index (χ4n) is 7.68. The van der Waals surface area contributed by atoms with Gasteiger partial charge in [0.05, 0.1) is 0 Å². The molecule has 0 nitrogen and oxygen atoms in total. The van der Waals surface area contributed by atoms with E-state index in [0.29, 0.717) is 11.6 Å². The average Bonchev–Trinajstić information content (AvgIpc) is 3.85. The molecule has 0 amide bonds. The fourth-order valence-corrected chi connectivity index (χ4v) is 14.0. The molecule has 0 saturated carbocycles. The Kier molecular flexibility index (Phi) is 12.1. The first-order chi connectivity index (χ1) is 24.4. The molecule has 0 fully saturated rings. The zero-order valence-corrected chi connectivity index (χ0v) is 33.1. The Labute approximate surface area is 318 Å². The van der Waals surface area contributed by atoms with E-state index < -0.39 is 15.8 Å². The molecule has 6 aromatic carbocycles. The van der Waals surface area contributed by atoms with Crippen molar-refractivity contribution in [3.8, 4) is 0 Å². The van der Waals surface area contributed by atoms with Crippen LogP contribution in [-0.4, -0.2) is 5.66 Å². The van der Waals surface area contributed by atoms with Gasteiger partial charge >= 0.3 is 0 Å². The van der Waals surface area contributed by atoms with Crippen molar-refractivity contribution >= 4 is 58.6 Å². The van der Waals surface area contributed by atoms with Gasteiger partial charge in [-0.3, -0.25) is 0 Å². The van der Waals surface area contributed by atoms with Gasteiger partial charge in [-0.1, -0.05) is 193 Å². The van der Waals surface area contributed by atoms with Crippen molar-refractivity contribution in [2.75, 3.05) is 0 Å². The Hall–Kier alpha value is -3.82. The van der Waals surface area contributed by atoms with Crippen molar-refractivity contribution in [1.29, 1.82) is 0 Å². The van der Waals surface area contributed by atoms with Crippen LogP contribution in [0.2, 0.25) is 0 Å². The summed E-state index contributed by atoms with van der Waals surface area (Å²) < 4.78 is 0. The number of allylic oxidation sites excluding steroid dienone is 8. The van der Waals surface area contributed by atoms with Crippen LogP contribution in [0, 0.1) is 33.6 Å². The Morgan fingerprint density at radius 2 is 1.00 bits per heavy atom. The molecular formula is C48H46FeP2. The van der Waals surface area contributed by atoms with Crippen LogP contribution in [0.3, 0.4) is 0 Å². The van der Waals surface area contributed by atoms with Crippen molar-refractivity contribution in [2.24, 2.45) is 5.92 Å². The first-order valence-electron chi connectivity index (χ1n) is 17.8. The average molecular weight is 741 g/mol. The summed E-state index contributed by atoms with van der Waals surface area (Å²) in [4.78, 5) is 0. The predicted molar refractivity (Wildman–Crippen MR) is 225 cm³/mol. The van der Waals surface area contributed by atoms with Crippen molar-refractivity contribution in [3.05, 3.63) is 191 Å². The number of fused-ring (bicyclic) bond motifs is 2. The summed E-state index contributed by atoms with van der Waals surface area (Å²) in [7, 11) is -1.43. The van der Waals surface area contributed by atoms with Crippen LogP contribution >= 0.6 is 15.8 Å². The Bertz CT molecular complexity index is 2100. The van der Waals surface area contributed by atoms with E-state index in [9.17, 15) is 0 Å². The van der Waals surface area contributed by atoms with Gasteiger partial charge in [-0.05, 0) is 104 Å². The zero-order chi connectivity index (χ0) is 34.6. The van der Waals surface area contributed by atoms with Gasteiger partial charge in [-0.15, -0.1) is 0 Å². The summed E-state index contributed by atoms with van der Waals surface area (Å²) in [5.41, 5.74) is 5.81. The van der Waals surface area contributed by atoms with E-state index in [1.807, 2.05) is 0 Å². The first kappa shape index (κ1) is 37.0. The van der Waals surface area contributed by atoms with Gasteiger partial charge in [-0.25, -0.2) is 0 Å². The second-order valence-corrected chi connectivity index (χ2v) is 18.5. The topological polar surface area (TPSA) is 0 Å². The molecule has 2 aliphatic rings. The minimum absolute atomic E-state index is 0. The van der Waals surface area contributed by atoms with Gasteiger partial charge in [0, 0.05) is 23.0 Å². The molecule has 0 heterocycles. The van der Waals surface area contributed by atoms with Gasteiger partial charge in [0.1, 0.15) is 0 Å². The summed E-state index contributed by atoms with van der Waals surface area (Å²) in [6, 6.07) is 46.1.